The SMILES string of the molecule is Cc1ccc(C(C)C)cc1-c1ccnc(=O)[nH]1. The van der Waals surface area contributed by atoms with Gasteiger partial charge in [-0.15, -0.1) is 0 Å². The number of aryl methyl sites for hydroxylation is 1. The monoisotopic (exact) mass is 228 g/mol. The molecule has 0 radical (unpaired) electrons. The smallest absolute Gasteiger partial charge is 0.305 e. The van der Waals surface area contributed by atoms with E-state index < -0.39 is 0 Å². The number of nitrogens with zero attached hydrogens (tertiary/aromatic N) is 1. The van der Waals surface area contributed by atoms with Gasteiger partial charge in [0, 0.05) is 11.8 Å². The van der Waals surface area contributed by atoms with Crippen LogP contribution in [0.3, 0.4) is 0 Å². The Hall–Kier alpha value is -1.90. The van der Waals surface area contributed by atoms with Crippen molar-refractivity contribution in [2.45, 2.75) is 26.7 Å². The maximum atomic E-state index is 11.2. The molecular formula is C14H16N2O. The summed E-state index contributed by atoms with van der Waals surface area (Å²) in [5, 5.41) is 0. The fourth-order valence-corrected chi connectivity index (χ4v) is 1.81. The molecule has 1 heterocycles. The van der Waals surface area contributed by atoms with Gasteiger partial charge in [0.05, 0.1) is 5.69 Å². The highest BCUT2D eigenvalue weighted by Crippen LogP contribution is 2.25. The van der Waals surface area contributed by atoms with Gasteiger partial charge in [-0.05, 0) is 36.1 Å². The summed E-state index contributed by atoms with van der Waals surface area (Å²) in [6, 6.07) is 8.17. The molecule has 1 aromatic carbocycles. The van der Waals surface area contributed by atoms with Crippen LogP contribution in [-0.4, -0.2) is 9.97 Å². The molecule has 0 fully saturated rings. The van der Waals surface area contributed by atoms with Gasteiger partial charge in [-0.2, -0.15) is 0 Å². The van der Waals surface area contributed by atoms with Crippen molar-refractivity contribution in [2.75, 3.05) is 0 Å². The first-order valence-electron chi connectivity index (χ1n) is 5.74. The molecule has 3 heteroatoms. The molecule has 0 aliphatic heterocycles. The van der Waals surface area contributed by atoms with Gasteiger partial charge in [0.25, 0.3) is 0 Å². The van der Waals surface area contributed by atoms with E-state index in [9.17, 15) is 4.79 Å². The minimum atomic E-state index is -0.308. The summed E-state index contributed by atoms with van der Waals surface area (Å²) in [6.45, 7) is 6.35. The third kappa shape index (κ3) is 2.44. The van der Waals surface area contributed by atoms with Crippen LogP contribution in [0.5, 0.6) is 0 Å². The normalized spacial score (nSPS) is 10.8. The van der Waals surface area contributed by atoms with Gasteiger partial charge < -0.3 is 4.98 Å². The van der Waals surface area contributed by atoms with Crippen LogP contribution in [0.1, 0.15) is 30.9 Å². The highest BCUT2D eigenvalue weighted by molar-refractivity contribution is 5.64. The number of H-pyrrole nitrogens is 1. The first kappa shape index (κ1) is 11.6. The van der Waals surface area contributed by atoms with Crippen molar-refractivity contribution >= 4 is 0 Å². The predicted octanol–water partition coefficient (Wildman–Crippen LogP) is 2.87. The zero-order valence-electron chi connectivity index (χ0n) is 10.3. The summed E-state index contributed by atoms with van der Waals surface area (Å²) < 4.78 is 0. The second-order valence-electron chi connectivity index (χ2n) is 4.52. The molecule has 0 saturated carbocycles. The van der Waals surface area contributed by atoms with Crippen LogP contribution >= 0.6 is 0 Å². The summed E-state index contributed by atoms with van der Waals surface area (Å²) in [5.74, 6) is 0.475. The van der Waals surface area contributed by atoms with Gasteiger partial charge in [-0.25, -0.2) is 9.78 Å². The molecular weight excluding hydrogens is 212 g/mol. The van der Waals surface area contributed by atoms with Crippen LogP contribution in [0.4, 0.5) is 0 Å². The second kappa shape index (κ2) is 4.53. The summed E-state index contributed by atoms with van der Waals surface area (Å²) in [6.07, 6.45) is 1.54. The predicted molar refractivity (Wildman–Crippen MR) is 69.1 cm³/mol. The van der Waals surface area contributed by atoms with Gasteiger partial charge in [-0.1, -0.05) is 26.0 Å². The molecule has 0 atom stereocenters. The highest BCUT2D eigenvalue weighted by atomic mass is 16.1. The van der Waals surface area contributed by atoms with Crippen molar-refractivity contribution < 1.29 is 0 Å². The van der Waals surface area contributed by atoms with E-state index in [1.165, 1.54) is 11.8 Å². The highest BCUT2D eigenvalue weighted by Gasteiger charge is 2.06. The molecule has 0 unspecified atom stereocenters. The van der Waals surface area contributed by atoms with Crippen LogP contribution in [0.25, 0.3) is 11.3 Å². The van der Waals surface area contributed by atoms with E-state index in [0.29, 0.717) is 5.92 Å². The van der Waals surface area contributed by atoms with Crippen molar-refractivity contribution in [1.29, 1.82) is 0 Å². The Bertz CT molecular complexity index is 585. The zero-order chi connectivity index (χ0) is 12.4. The molecule has 0 aliphatic rings. The third-order valence-corrected chi connectivity index (χ3v) is 2.89. The van der Waals surface area contributed by atoms with E-state index in [1.807, 2.05) is 13.0 Å². The summed E-state index contributed by atoms with van der Waals surface area (Å²) in [7, 11) is 0. The molecule has 0 amide bonds. The lowest BCUT2D eigenvalue weighted by Gasteiger charge is -2.11. The molecule has 1 N–H and O–H groups in total. The van der Waals surface area contributed by atoms with Crippen molar-refractivity contribution in [3.63, 3.8) is 0 Å². The summed E-state index contributed by atoms with van der Waals surface area (Å²) in [4.78, 5) is 17.6. The minimum absolute atomic E-state index is 0.308. The number of rotatable bonds is 2. The quantitative estimate of drug-likeness (QED) is 0.859. The Balaban J connectivity index is 2.58. The largest absolute Gasteiger partial charge is 0.345 e. The number of hydrogen-bond donors (Lipinski definition) is 1. The fraction of sp³-hybridized carbons (Fsp3) is 0.286. The first-order chi connectivity index (χ1) is 8.08. The molecule has 2 aromatic rings. The van der Waals surface area contributed by atoms with Crippen molar-refractivity contribution in [3.8, 4) is 11.3 Å². The third-order valence-electron chi connectivity index (χ3n) is 2.89. The Morgan fingerprint density at radius 3 is 2.65 bits per heavy atom. The average molecular weight is 228 g/mol. The van der Waals surface area contributed by atoms with E-state index in [2.05, 4.69) is 42.0 Å². The Kier molecular flexibility index (Phi) is 3.09. The maximum absolute atomic E-state index is 11.2. The molecule has 1 aromatic heterocycles. The van der Waals surface area contributed by atoms with Crippen LogP contribution in [0.2, 0.25) is 0 Å². The fourth-order valence-electron chi connectivity index (χ4n) is 1.81. The molecule has 88 valence electrons. The minimum Gasteiger partial charge on any atom is -0.305 e. The van der Waals surface area contributed by atoms with Crippen LogP contribution < -0.4 is 5.69 Å². The van der Waals surface area contributed by atoms with Crippen molar-refractivity contribution in [2.24, 2.45) is 0 Å². The standard InChI is InChI=1S/C14H16N2O/c1-9(2)11-5-4-10(3)12(8-11)13-6-7-15-14(17)16-13/h4-9H,1-3H3,(H,15,16,17). The number of aromatic nitrogens is 2. The number of aromatic amines is 1. The Labute approximate surface area is 101 Å². The van der Waals surface area contributed by atoms with E-state index in [0.717, 1.165) is 16.8 Å². The lowest BCUT2D eigenvalue weighted by atomic mass is 9.96. The molecule has 3 nitrogen and oxygen atoms in total. The van der Waals surface area contributed by atoms with Crippen LogP contribution in [0, 0.1) is 6.92 Å². The topological polar surface area (TPSA) is 45.8 Å². The summed E-state index contributed by atoms with van der Waals surface area (Å²) >= 11 is 0. The zero-order valence-corrected chi connectivity index (χ0v) is 10.3. The van der Waals surface area contributed by atoms with Crippen molar-refractivity contribution in [3.05, 3.63) is 52.1 Å². The second-order valence-corrected chi connectivity index (χ2v) is 4.52. The van der Waals surface area contributed by atoms with Gasteiger partial charge in [0.2, 0.25) is 0 Å². The van der Waals surface area contributed by atoms with Crippen LogP contribution in [-0.2, 0) is 0 Å². The molecule has 0 bridgehead atoms. The number of hydrogen-bond acceptors (Lipinski definition) is 2. The first-order valence-corrected chi connectivity index (χ1v) is 5.74. The Morgan fingerprint density at radius 1 is 1.24 bits per heavy atom. The molecule has 0 saturated heterocycles. The summed E-state index contributed by atoms with van der Waals surface area (Å²) in [5.41, 5.74) is 4.00. The van der Waals surface area contributed by atoms with Crippen molar-refractivity contribution in [1.82, 2.24) is 9.97 Å². The molecule has 17 heavy (non-hydrogen) atoms. The van der Waals surface area contributed by atoms with Gasteiger partial charge in [0.1, 0.15) is 0 Å². The van der Waals surface area contributed by atoms with Gasteiger partial charge in [-0.3, -0.25) is 0 Å². The molecule has 0 spiro atoms. The lowest BCUT2D eigenvalue weighted by Crippen LogP contribution is -2.09. The molecule has 2 rings (SSSR count). The van der Waals surface area contributed by atoms with E-state index in [-0.39, 0.29) is 5.69 Å². The van der Waals surface area contributed by atoms with Gasteiger partial charge >= 0.3 is 5.69 Å². The number of nitrogens with one attached hydrogen (secondary N) is 1. The average Bonchev–Trinajstić information content (AvgIpc) is 2.29. The van der Waals surface area contributed by atoms with E-state index in [4.69, 9.17) is 0 Å². The van der Waals surface area contributed by atoms with Gasteiger partial charge in [0.15, 0.2) is 0 Å². The lowest BCUT2D eigenvalue weighted by molar-refractivity contribution is 0.866. The van der Waals surface area contributed by atoms with E-state index in [1.54, 1.807) is 0 Å². The maximum Gasteiger partial charge on any atom is 0.345 e. The molecule has 0 aliphatic carbocycles. The number of benzene rings is 1. The Morgan fingerprint density at radius 2 is 2.00 bits per heavy atom. The van der Waals surface area contributed by atoms with Crippen LogP contribution in [0.15, 0.2) is 35.3 Å². The van der Waals surface area contributed by atoms with E-state index >= 15 is 0 Å².